The van der Waals surface area contributed by atoms with Gasteiger partial charge in [-0.1, -0.05) is 0 Å². The van der Waals surface area contributed by atoms with Crippen molar-refractivity contribution in [2.75, 3.05) is 26.0 Å². The van der Waals surface area contributed by atoms with Crippen molar-refractivity contribution in [1.82, 2.24) is 13.6 Å². The number of halogens is 1. The number of hydrogen-bond donors (Lipinski definition) is 1. The van der Waals surface area contributed by atoms with Crippen LogP contribution in [0.15, 0.2) is 21.2 Å². The summed E-state index contributed by atoms with van der Waals surface area (Å²) in [7, 11) is -0.449. The third-order valence-corrected chi connectivity index (χ3v) is 6.81. The van der Waals surface area contributed by atoms with E-state index in [0.29, 0.717) is 22.8 Å². The van der Waals surface area contributed by atoms with Gasteiger partial charge in [0, 0.05) is 31.9 Å². The fourth-order valence-corrected chi connectivity index (χ4v) is 4.73. The molecule has 0 fully saturated rings. The van der Waals surface area contributed by atoms with E-state index in [1.807, 2.05) is 0 Å². The second-order valence-electron chi connectivity index (χ2n) is 5.32. The van der Waals surface area contributed by atoms with E-state index in [1.54, 1.807) is 12.1 Å². The standard InChI is InChI=1S/C13H15BrN4O4S2/c1-17(2)24(20,21)18-6-5-8-10(7-18)23-13(15-8)16-12(19)9-3-4-11(14)22-9/h3-4H,5-7H2,1-2H3,(H,15,16,19). The maximum atomic E-state index is 12.2. The minimum atomic E-state index is -3.46. The lowest BCUT2D eigenvalue weighted by molar-refractivity contribution is 0.0995. The van der Waals surface area contributed by atoms with Crippen LogP contribution >= 0.6 is 27.3 Å². The van der Waals surface area contributed by atoms with Gasteiger partial charge in [-0.15, -0.1) is 11.3 Å². The monoisotopic (exact) mass is 434 g/mol. The van der Waals surface area contributed by atoms with Gasteiger partial charge >= 0.3 is 0 Å². The molecule has 130 valence electrons. The zero-order valence-corrected chi connectivity index (χ0v) is 16.2. The third kappa shape index (κ3) is 3.40. The molecule has 1 amide bonds. The number of aromatic nitrogens is 1. The molecule has 1 aliphatic heterocycles. The molecule has 2 aromatic heterocycles. The smallest absolute Gasteiger partial charge is 0.293 e. The summed E-state index contributed by atoms with van der Waals surface area (Å²) in [5.41, 5.74) is 0.820. The quantitative estimate of drug-likeness (QED) is 0.792. The number of nitrogens with zero attached hydrogens (tertiary/aromatic N) is 3. The van der Waals surface area contributed by atoms with E-state index in [9.17, 15) is 13.2 Å². The first-order chi connectivity index (χ1) is 11.3. The van der Waals surface area contributed by atoms with Crippen LogP contribution in [0.5, 0.6) is 0 Å². The van der Waals surface area contributed by atoms with Gasteiger partial charge in [-0.25, -0.2) is 4.98 Å². The van der Waals surface area contributed by atoms with Crippen molar-refractivity contribution in [3.63, 3.8) is 0 Å². The van der Waals surface area contributed by atoms with Crippen molar-refractivity contribution in [3.05, 3.63) is 33.1 Å². The fourth-order valence-electron chi connectivity index (χ4n) is 2.25. The van der Waals surface area contributed by atoms with Gasteiger partial charge in [0.25, 0.3) is 16.1 Å². The summed E-state index contributed by atoms with van der Waals surface area (Å²) < 4.78 is 32.7. The van der Waals surface area contributed by atoms with Crippen molar-refractivity contribution in [3.8, 4) is 0 Å². The minimum Gasteiger partial charge on any atom is -0.444 e. The molecule has 0 unspecified atom stereocenters. The number of nitrogens with one attached hydrogen (secondary N) is 1. The lowest BCUT2D eigenvalue weighted by Gasteiger charge is -2.27. The fraction of sp³-hybridized carbons (Fsp3) is 0.385. The Morgan fingerprint density at radius 1 is 1.46 bits per heavy atom. The SMILES string of the molecule is CN(C)S(=O)(=O)N1CCc2nc(NC(=O)c3ccc(Br)o3)sc2C1. The Labute approximate surface area is 151 Å². The van der Waals surface area contributed by atoms with E-state index >= 15 is 0 Å². The van der Waals surface area contributed by atoms with Crippen LogP contribution in [-0.2, 0) is 23.2 Å². The van der Waals surface area contributed by atoms with Gasteiger partial charge in [0.1, 0.15) is 0 Å². The van der Waals surface area contributed by atoms with Crippen LogP contribution in [0.3, 0.4) is 0 Å². The highest BCUT2D eigenvalue weighted by Gasteiger charge is 2.30. The second kappa shape index (κ2) is 6.56. The molecule has 3 heterocycles. The van der Waals surface area contributed by atoms with Crippen molar-refractivity contribution >= 4 is 48.5 Å². The Morgan fingerprint density at radius 2 is 2.21 bits per heavy atom. The van der Waals surface area contributed by atoms with Crippen molar-refractivity contribution in [2.45, 2.75) is 13.0 Å². The third-order valence-electron chi connectivity index (χ3n) is 3.50. The molecule has 0 atom stereocenters. The summed E-state index contributed by atoms with van der Waals surface area (Å²) >= 11 is 4.42. The van der Waals surface area contributed by atoms with Gasteiger partial charge in [0.15, 0.2) is 15.6 Å². The van der Waals surface area contributed by atoms with Crippen LogP contribution in [0.4, 0.5) is 5.13 Å². The van der Waals surface area contributed by atoms with Gasteiger partial charge in [-0.2, -0.15) is 17.0 Å². The number of carbonyl (C=O) groups is 1. The normalized spacial score (nSPS) is 15.5. The van der Waals surface area contributed by atoms with Gasteiger partial charge in [-0.3, -0.25) is 10.1 Å². The van der Waals surface area contributed by atoms with E-state index in [1.165, 1.54) is 34.0 Å². The number of fused-ring (bicyclic) bond motifs is 1. The largest absolute Gasteiger partial charge is 0.444 e. The molecular formula is C13H15BrN4O4S2. The van der Waals surface area contributed by atoms with E-state index in [2.05, 4.69) is 26.2 Å². The van der Waals surface area contributed by atoms with E-state index in [-0.39, 0.29) is 12.3 Å². The molecule has 2 aromatic rings. The van der Waals surface area contributed by atoms with E-state index in [4.69, 9.17) is 4.42 Å². The highest BCUT2D eigenvalue weighted by atomic mass is 79.9. The summed E-state index contributed by atoms with van der Waals surface area (Å²) in [4.78, 5) is 17.3. The number of amides is 1. The molecule has 0 spiro atoms. The predicted molar refractivity (Wildman–Crippen MR) is 93.2 cm³/mol. The van der Waals surface area contributed by atoms with Crippen molar-refractivity contribution in [2.24, 2.45) is 0 Å². The van der Waals surface area contributed by atoms with Gasteiger partial charge in [-0.05, 0) is 28.1 Å². The molecular weight excluding hydrogens is 420 g/mol. The van der Waals surface area contributed by atoms with Crippen LogP contribution in [0, 0.1) is 0 Å². The van der Waals surface area contributed by atoms with E-state index in [0.717, 1.165) is 10.6 Å². The maximum absolute atomic E-state index is 12.2. The number of rotatable bonds is 4. The lowest BCUT2D eigenvalue weighted by atomic mass is 10.2. The Hall–Kier alpha value is -1.27. The first-order valence-corrected chi connectivity index (χ1v) is 10.0. The molecule has 1 aliphatic rings. The summed E-state index contributed by atoms with van der Waals surface area (Å²) in [6, 6.07) is 3.18. The summed E-state index contributed by atoms with van der Waals surface area (Å²) in [6.07, 6.45) is 0.515. The molecule has 0 aliphatic carbocycles. The number of hydrogen-bond acceptors (Lipinski definition) is 6. The van der Waals surface area contributed by atoms with Crippen LogP contribution in [0.2, 0.25) is 0 Å². The second-order valence-corrected chi connectivity index (χ2v) is 9.33. The van der Waals surface area contributed by atoms with Gasteiger partial charge in [0.05, 0.1) is 12.2 Å². The summed E-state index contributed by atoms with van der Waals surface area (Å²) in [5, 5.41) is 3.11. The first kappa shape index (κ1) is 17.5. The molecule has 3 rings (SSSR count). The molecule has 0 saturated carbocycles. The van der Waals surface area contributed by atoms with Crippen LogP contribution in [-0.4, -0.2) is 48.6 Å². The molecule has 0 aromatic carbocycles. The minimum absolute atomic E-state index is 0.173. The van der Waals surface area contributed by atoms with Gasteiger partial charge < -0.3 is 4.42 Å². The molecule has 0 radical (unpaired) electrons. The highest BCUT2D eigenvalue weighted by Crippen LogP contribution is 2.30. The number of furan rings is 1. The van der Waals surface area contributed by atoms with Gasteiger partial charge in [0.2, 0.25) is 0 Å². The first-order valence-electron chi connectivity index (χ1n) is 7.00. The van der Waals surface area contributed by atoms with Crippen LogP contribution in [0.1, 0.15) is 21.1 Å². The average molecular weight is 435 g/mol. The van der Waals surface area contributed by atoms with Crippen LogP contribution in [0.25, 0.3) is 0 Å². The maximum Gasteiger partial charge on any atom is 0.293 e. The Morgan fingerprint density at radius 3 is 2.83 bits per heavy atom. The Kier molecular flexibility index (Phi) is 4.80. The molecule has 0 bridgehead atoms. The molecule has 8 nitrogen and oxygen atoms in total. The van der Waals surface area contributed by atoms with E-state index < -0.39 is 16.1 Å². The van der Waals surface area contributed by atoms with Crippen molar-refractivity contribution in [1.29, 1.82) is 0 Å². The van der Waals surface area contributed by atoms with Crippen molar-refractivity contribution < 1.29 is 17.6 Å². The Bertz CT molecular complexity index is 874. The number of carbonyl (C=O) groups excluding carboxylic acids is 1. The predicted octanol–water partition coefficient (Wildman–Crippen LogP) is 1.92. The number of anilines is 1. The highest BCUT2D eigenvalue weighted by molar-refractivity contribution is 9.10. The summed E-state index contributed by atoms with van der Waals surface area (Å²) in [6.45, 7) is 0.630. The summed E-state index contributed by atoms with van der Waals surface area (Å²) in [5.74, 6) is -0.226. The molecule has 1 N–H and O–H groups in total. The van der Waals surface area contributed by atoms with Crippen LogP contribution < -0.4 is 5.32 Å². The lowest BCUT2D eigenvalue weighted by Crippen LogP contribution is -2.42. The zero-order valence-electron chi connectivity index (χ0n) is 12.9. The topological polar surface area (TPSA) is 95.8 Å². The molecule has 24 heavy (non-hydrogen) atoms. The Balaban J connectivity index is 1.75. The molecule has 0 saturated heterocycles. The number of thiazole rings is 1. The average Bonchev–Trinajstić information content (AvgIpc) is 3.11. The zero-order chi connectivity index (χ0) is 17.5. The molecule has 11 heteroatoms.